The Labute approximate surface area is 169 Å². The van der Waals surface area contributed by atoms with Gasteiger partial charge in [-0.05, 0) is 11.1 Å². The van der Waals surface area contributed by atoms with Gasteiger partial charge in [0, 0.05) is 17.5 Å². The van der Waals surface area contributed by atoms with Gasteiger partial charge >= 0.3 is 0 Å². The van der Waals surface area contributed by atoms with Gasteiger partial charge in [0.2, 0.25) is 0 Å². The number of hydrogen-bond donors (Lipinski definition) is 0. The highest BCUT2D eigenvalue weighted by molar-refractivity contribution is 6.44. The van der Waals surface area contributed by atoms with E-state index >= 15 is 0 Å². The highest BCUT2D eigenvalue weighted by Crippen LogP contribution is 2.41. The topological polar surface area (TPSA) is 12.9 Å². The Bertz CT molecular complexity index is 1050. The van der Waals surface area contributed by atoms with Crippen molar-refractivity contribution >= 4 is 23.2 Å². The minimum absolute atomic E-state index is 0.513. The van der Waals surface area contributed by atoms with E-state index in [1.54, 1.807) is 0 Å². The monoisotopic (exact) mass is 389 g/mol. The molecule has 1 nitrogen and oxygen atoms in total. The summed E-state index contributed by atoms with van der Waals surface area (Å²) in [5.41, 5.74) is 5.67. The molecule has 0 bridgehead atoms. The molecular weight excluding hydrogens is 373 g/mol. The van der Waals surface area contributed by atoms with Crippen molar-refractivity contribution in [3.63, 3.8) is 0 Å². The van der Waals surface area contributed by atoms with Gasteiger partial charge in [-0.15, -0.1) is 0 Å². The lowest BCUT2D eigenvalue weighted by molar-refractivity contribution is 1.08. The molecule has 132 valence electrons. The van der Waals surface area contributed by atoms with Gasteiger partial charge in [-0.25, -0.2) is 0 Å². The van der Waals surface area contributed by atoms with Crippen LogP contribution in [0.1, 0.15) is 11.3 Å². The van der Waals surface area contributed by atoms with E-state index in [0.717, 1.165) is 33.6 Å². The highest BCUT2D eigenvalue weighted by atomic mass is 35.5. The van der Waals surface area contributed by atoms with Crippen molar-refractivity contribution in [1.82, 2.24) is 4.98 Å². The van der Waals surface area contributed by atoms with Gasteiger partial charge in [0.15, 0.2) is 0 Å². The standard InChI is InChI=1S/C24H17Cl2N/c25-22-20(16-17-10-4-1-5-11-17)27-24(19-14-8-3-9-15-19)21(23(22)26)18-12-6-2-7-13-18/h1-15H,16H2. The van der Waals surface area contributed by atoms with Crippen LogP contribution >= 0.6 is 23.2 Å². The Balaban J connectivity index is 1.93. The zero-order valence-electron chi connectivity index (χ0n) is 14.6. The molecule has 3 heteroatoms. The third-order valence-electron chi connectivity index (χ3n) is 4.47. The van der Waals surface area contributed by atoms with Gasteiger partial charge in [0.05, 0.1) is 21.4 Å². The van der Waals surface area contributed by atoms with E-state index in [1.807, 2.05) is 78.9 Å². The van der Waals surface area contributed by atoms with Crippen molar-refractivity contribution in [1.29, 1.82) is 0 Å². The molecular formula is C24H17Cl2N. The summed E-state index contributed by atoms with van der Waals surface area (Å²) in [6.07, 6.45) is 0.633. The van der Waals surface area contributed by atoms with Crippen LogP contribution in [-0.4, -0.2) is 4.98 Å². The zero-order chi connectivity index (χ0) is 18.6. The first-order valence-corrected chi connectivity index (χ1v) is 9.52. The quantitative estimate of drug-likeness (QED) is 0.356. The van der Waals surface area contributed by atoms with Crippen molar-refractivity contribution in [3.8, 4) is 22.4 Å². The fourth-order valence-electron chi connectivity index (χ4n) is 3.16. The molecule has 0 fully saturated rings. The predicted octanol–water partition coefficient (Wildman–Crippen LogP) is 7.31. The number of halogens is 2. The summed E-state index contributed by atoms with van der Waals surface area (Å²) < 4.78 is 0. The summed E-state index contributed by atoms with van der Waals surface area (Å²) in [6, 6.07) is 30.3. The van der Waals surface area contributed by atoms with Crippen LogP contribution < -0.4 is 0 Å². The molecule has 0 aliphatic carbocycles. The Morgan fingerprint density at radius 1 is 0.593 bits per heavy atom. The maximum atomic E-state index is 6.78. The van der Waals surface area contributed by atoms with E-state index in [-0.39, 0.29) is 0 Å². The second-order valence-corrected chi connectivity index (χ2v) is 7.06. The van der Waals surface area contributed by atoms with Crippen molar-refractivity contribution in [2.75, 3.05) is 0 Å². The molecule has 0 spiro atoms. The summed E-state index contributed by atoms with van der Waals surface area (Å²) in [7, 11) is 0. The molecule has 0 atom stereocenters. The normalized spacial score (nSPS) is 10.7. The van der Waals surface area contributed by atoms with Gasteiger partial charge in [0.25, 0.3) is 0 Å². The molecule has 0 aliphatic heterocycles. The third-order valence-corrected chi connectivity index (χ3v) is 5.36. The lowest BCUT2D eigenvalue weighted by Gasteiger charge is -2.16. The molecule has 0 radical (unpaired) electrons. The van der Waals surface area contributed by atoms with Gasteiger partial charge in [0.1, 0.15) is 0 Å². The molecule has 0 amide bonds. The maximum Gasteiger partial charge on any atom is 0.0817 e. The molecule has 1 aromatic heterocycles. The molecule has 4 rings (SSSR count). The van der Waals surface area contributed by atoms with Crippen LogP contribution in [0.15, 0.2) is 91.0 Å². The zero-order valence-corrected chi connectivity index (χ0v) is 16.1. The van der Waals surface area contributed by atoms with E-state index in [2.05, 4.69) is 12.1 Å². The number of pyridine rings is 1. The number of hydrogen-bond acceptors (Lipinski definition) is 1. The maximum absolute atomic E-state index is 6.78. The molecule has 0 saturated carbocycles. The Morgan fingerprint density at radius 2 is 1.11 bits per heavy atom. The SMILES string of the molecule is Clc1c(Cc2ccccc2)nc(-c2ccccc2)c(-c2ccccc2)c1Cl. The molecule has 0 aliphatic rings. The van der Waals surface area contributed by atoms with Crippen LogP contribution in [0, 0.1) is 0 Å². The summed E-state index contributed by atoms with van der Waals surface area (Å²) in [6.45, 7) is 0. The molecule has 1 heterocycles. The van der Waals surface area contributed by atoms with Crippen molar-refractivity contribution in [3.05, 3.63) is 112 Å². The van der Waals surface area contributed by atoms with E-state index < -0.39 is 0 Å². The molecule has 0 N–H and O–H groups in total. The Morgan fingerprint density at radius 3 is 1.70 bits per heavy atom. The number of nitrogens with zero attached hydrogens (tertiary/aromatic N) is 1. The highest BCUT2D eigenvalue weighted by Gasteiger charge is 2.20. The van der Waals surface area contributed by atoms with Crippen LogP contribution in [0.5, 0.6) is 0 Å². The predicted molar refractivity (Wildman–Crippen MR) is 114 cm³/mol. The molecule has 0 saturated heterocycles. The van der Waals surface area contributed by atoms with Crippen molar-refractivity contribution < 1.29 is 0 Å². The van der Waals surface area contributed by atoms with Crippen LogP contribution in [0.3, 0.4) is 0 Å². The number of aromatic nitrogens is 1. The smallest absolute Gasteiger partial charge is 0.0817 e. The van der Waals surface area contributed by atoms with Crippen LogP contribution in [0.25, 0.3) is 22.4 Å². The summed E-state index contributed by atoms with van der Waals surface area (Å²) >= 11 is 13.4. The fourth-order valence-corrected chi connectivity index (χ4v) is 3.67. The molecule has 27 heavy (non-hydrogen) atoms. The molecule has 4 aromatic rings. The minimum Gasteiger partial charge on any atom is -0.250 e. The van der Waals surface area contributed by atoms with Gasteiger partial charge in [-0.3, -0.25) is 4.98 Å². The van der Waals surface area contributed by atoms with E-state index in [9.17, 15) is 0 Å². The fraction of sp³-hybridized carbons (Fsp3) is 0.0417. The van der Waals surface area contributed by atoms with E-state index in [0.29, 0.717) is 16.5 Å². The molecule has 3 aromatic carbocycles. The molecule has 0 unspecified atom stereocenters. The van der Waals surface area contributed by atoms with Crippen LogP contribution in [0.2, 0.25) is 10.0 Å². The first kappa shape index (κ1) is 17.8. The second kappa shape index (κ2) is 7.96. The van der Waals surface area contributed by atoms with E-state index in [1.165, 1.54) is 0 Å². The third kappa shape index (κ3) is 3.75. The summed E-state index contributed by atoms with van der Waals surface area (Å²) in [5.74, 6) is 0. The van der Waals surface area contributed by atoms with Crippen molar-refractivity contribution in [2.45, 2.75) is 6.42 Å². The van der Waals surface area contributed by atoms with Gasteiger partial charge in [-0.1, -0.05) is 114 Å². The van der Waals surface area contributed by atoms with Crippen molar-refractivity contribution in [2.24, 2.45) is 0 Å². The second-order valence-electron chi connectivity index (χ2n) is 6.30. The minimum atomic E-state index is 0.513. The number of rotatable bonds is 4. The summed E-state index contributed by atoms with van der Waals surface area (Å²) in [5, 5.41) is 1.06. The van der Waals surface area contributed by atoms with Gasteiger partial charge in [-0.2, -0.15) is 0 Å². The lowest BCUT2D eigenvalue weighted by Crippen LogP contribution is -2.00. The first-order valence-electron chi connectivity index (χ1n) is 8.76. The Kier molecular flexibility index (Phi) is 5.24. The average molecular weight is 390 g/mol. The van der Waals surface area contributed by atoms with Crippen LogP contribution in [-0.2, 0) is 6.42 Å². The van der Waals surface area contributed by atoms with Crippen LogP contribution in [0.4, 0.5) is 0 Å². The lowest BCUT2D eigenvalue weighted by atomic mass is 9.97. The van der Waals surface area contributed by atoms with E-state index in [4.69, 9.17) is 28.2 Å². The summed E-state index contributed by atoms with van der Waals surface area (Å²) in [4.78, 5) is 4.96. The first-order chi connectivity index (χ1) is 13.2. The Hall–Kier alpha value is -2.61. The average Bonchev–Trinajstić information content (AvgIpc) is 2.73. The largest absolute Gasteiger partial charge is 0.250 e. The van der Waals surface area contributed by atoms with Gasteiger partial charge < -0.3 is 0 Å². The number of benzene rings is 3.